The number of rotatable bonds is 9. The summed E-state index contributed by atoms with van der Waals surface area (Å²) in [6, 6.07) is 76.9. The van der Waals surface area contributed by atoms with Crippen LogP contribution >= 0.6 is 0 Å². The molecule has 1 radical (unpaired) electrons. The van der Waals surface area contributed by atoms with Gasteiger partial charge >= 0.3 is 0 Å². The van der Waals surface area contributed by atoms with Crippen LogP contribution < -0.4 is 41.3 Å². The van der Waals surface area contributed by atoms with Crippen molar-refractivity contribution in [2.45, 2.75) is 39.9 Å². The van der Waals surface area contributed by atoms with E-state index in [1.54, 1.807) is 0 Å². The highest BCUT2D eigenvalue weighted by Gasteiger charge is 2.43. The van der Waals surface area contributed by atoms with Gasteiger partial charge in [0.25, 0.3) is 6.71 Å². The average Bonchev–Trinajstić information content (AvgIpc) is 3.35. The number of hydrogen-bond donors (Lipinski definition) is 0. The van der Waals surface area contributed by atoms with Gasteiger partial charge in [-0.1, -0.05) is 160 Å². The van der Waals surface area contributed by atoms with E-state index in [1.165, 1.54) is 38.6 Å². The maximum Gasteiger partial charge on any atom is 0.256 e. The van der Waals surface area contributed by atoms with E-state index in [0.717, 1.165) is 68.1 Å². The Morgan fingerprint density at radius 3 is 1.59 bits per heavy atom. The molecule has 0 unspecified atom stereocenters. The molecule has 2 aliphatic rings. The molecule has 11 rings (SSSR count). The van der Waals surface area contributed by atoms with Crippen molar-refractivity contribution in [2.75, 3.05) is 14.7 Å². The summed E-state index contributed by atoms with van der Waals surface area (Å²) in [6.07, 6.45) is 0. The molecule has 0 bridgehead atoms. The largest absolute Gasteiger partial charge is 0.458 e. The van der Waals surface area contributed by atoms with Gasteiger partial charge in [-0.3, -0.25) is 0 Å². The van der Waals surface area contributed by atoms with Gasteiger partial charge in [-0.2, -0.15) is 0 Å². The van der Waals surface area contributed by atoms with Crippen LogP contribution in [0.1, 0.15) is 31.9 Å². The number of benzene rings is 9. The van der Waals surface area contributed by atoms with Gasteiger partial charge in [0.1, 0.15) is 18.8 Å². The van der Waals surface area contributed by atoms with E-state index >= 15 is 0 Å². The molecular weight excluding hydrogens is 800 g/mol. The van der Waals surface area contributed by atoms with E-state index in [-0.39, 0.29) is 12.1 Å². The molecule has 0 spiro atoms. The van der Waals surface area contributed by atoms with Crippen LogP contribution in [0.25, 0.3) is 11.1 Å². The Hall–Kier alpha value is -7.69. The Kier molecular flexibility index (Phi) is 10.4. The third-order valence-electron chi connectivity index (χ3n) is 13.1. The van der Waals surface area contributed by atoms with Crippen LogP contribution in [0, 0.1) is 6.92 Å². The molecule has 0 N–H and O–H groups in total. The van der Waals surface area contributed by atoms with Crippen molar-refractivity contribution in [1.82, 2.24) is 0 Å². The van der Waals surface area contributed by atoms with Crippen molar-refractivity contribution in [1.29, 1.82) is 0 Å². The summed E-state index contributed by atoms with van der Waals surface area (Å²) in [7, 11) is 2.20. The highest BCUT2D eigenvalue weighted by Crippen LogP contribution is 2.47. The van der Waals surface area contributed by atoms with Crippen LogP contribution in [0.3, 0.4) is 0 Å². The molecule has 2 heterocycles. The number of fused-ring (bicyclic) bond motifs is 4. The molecule has 2 aliphatic heterocycles. The molecule has 0 amide bonds. The summed E-state index contributed by atoms with van der Waals surface area (Å²) >= 11 is 0. The molecule has 0 atom stereocenters. The third-order valence-corrected chi connectivity index (χ3v) is 13.1. The maximum atomic E-state index is 7.12. The second-order valence-corrected chi connectivity index (χ2v) is 18.4. The highest BCUT2D eigenvalue weighted by atomic mass is 16.5. The Labute approximate surface area is 390 Å². The van der Waals surface area contributed by atoms with Crippen molar-refractivity contribution in [3.8, 4) is 22.6 Å². The standard InChI is InChI=1S/C60H50B2N3O/c1-41-35-42(37-43(36-41)60(2,3)4)51-38-44(61-5)29-34-54(51)65-55-27-18-28-57-59(55)62(52-32-30-49(39-56(52)65)63(45-19-10-6-11-20-45)46-21-12-7-13-22-46)53-33-31-50(40-58(53)66-57)64(47-23-14-8-15-24-47)48-25-16-9-17-26-48/h6-40H,1-5H3. The zero-order valence-electron chi connectivity index (χ0n) is 38.1. The van der Waals surface area contributed by atoms with Gasteiger partial charge in [0, 0.05) is 57.1 Å². The normalized spacial score (nSPS) is 12.4. The lowest BCUT2D eigenvalue weighted by molar-refractivity contribution is 0.487. The molecule has 0 saturated carbocycles. The monoisotopic (exact) mass is 850 g/mol. The number of ether oxygens (including phenoxy) is 1. The maximum absolute atomic E-state index is 7.12. The Balaban J connectivity index is 1.15. The minimum Gasteiger partial charge on any atom is -0.458 e. The Morgan fingerprint density at radius 1 is 0.470 bits per heavy atom. The van der Waals surface area contributed by atoms with E-state index in [0.29, 0.717) is 0 Å². The first kappa shape index (κ1) is 41.0. The second kappa shape index (κ2) is 16.7. The van der Waals surface area contributed by atoms with Gasteiger partial charge in [-0.15, -0.1) is 0 Å². The van der Waals surface area contributed by atoms with Crippen LogP contribution in [0.15, 0.2) is 212 Å². The fourth-order valence-corrected chi connectivity index (χ4v) is 9.92. The van der Waals surface area contributed by atoms with Crippen LogP contribution in [-0.2, 0) is 5.41 Å². The lowest BCUT2D eigenvalue weighted by atomic mass is 9.34. The zero-order valence-corrected chi connectivity index (χ0v) is 38.1. The summed E-state index contributed by atoms with van der Waals surface area (Å²) in [5.41, 5.74) is 19.4. The van der Waals surface area contributed by atoms with Crippen molar-refractivity contribution < 1.29 is 4.74 Å². The van der Waals surface area contributed by atoms with E-state index in [1.807, 2.05) is 0 Å². The van der Waals surface area contributed by atoms with Gasteiger partial charge < -0.3 is 19.4 Å². The SMILES string of the molecule is C[B]c1ccc(N2c3cc(N(c4ccccc4)c4ccccc4)ccc3B3c4ccc(N(c5ccccc5)c5ccccc5)cc4Oc4cccc2c43)c(-c2cc(C)cc(C(C)(C)C)c2)c1. The first-order valence-electron chi connectivity index (χ1n) is 23.0. The number of anilines is 9. The Bertz CT molecular complexity index is 3150. The molecule has 4 nitrogen and oxygen atoms in total. The van der Waals surface area contributed by atoms with Crippen molar-refractivity contribution in [3.63, 3.8) is 0 Å². The second-order valence-electron chi connectivity index (χ2n) is 18.4. The van der Waals surface area contributed by atoms with Crippen LogP contribution in [0.4, 0.5) is 51.2 Å². The average molecular weight is 851 g/mol. The fourth-order valence-electron chi connectivity index (χ4n) is 9.92. The van der Waals surface area contributed by atoms with Gasteiger partial charge in [-0.05, 0) is 125 Å². The molecule has 0 aliphatic carbocycles. The van der Waals surface area contributed by atoms with E-state index < -0.39 is 0 Å². The van der Waals surface area contributed by atoms with E-state index in [9.17, 15) is 0 Å². The third kappa shape index (κ3) is 7.33. The lowest BCUT2D eigenvalue weighted by Gasteiger charge is -2.41. The van der Waals surface area contributed by atoms with Crippen molar-refractivity contribution in [2.24, 2.45) is 0 Å². The molecule has 6 heteroatoms. The summed E-state index contributed by atoms with van der Waals surface area (Å²) in [4.78, 5) is 7.17. The van der Waals surface area contributed by atoms with Gasteiger partial charge in [0.15, 0.2) is 0 Å². The summed E-state index contributed by atoms with van der Waals surface area (Å²) < 4.78 is 7.12. The molecule has 317 valence electrons. The van der Waals surface area contributed by atoms with E-state index in [2.05, 4.69) is 269 Å². The lowest BCUT2D eigenvalue weighted by Crippen LogP contribution is -2.59. The number of hydrogen-bond acceptors (Lipinski definition) is 4. The first-order valence-corrected chi connectivity index (χ1v) is 23.0. The Morgan fingerprint density at radius 2 is 1.03 bits per heavy atom. The minimum absolute atomic E-state index is 0.0179. The molecule has 0 aromatic heterocycles. The summed E-state index contributed by atoms with van der Waals surface area (Å²) in [6.45, 7) is 11.2. The van der Waals surface area contributed by atoms with Crippen molar-refractivity contribution >= 4 is 87.0 Å². The molecule has 0 fully saturated rings. The predicted octanol–water partition coefficient (Wildman–Crippen LogP) is 13.7. The van der Waals surface area contributed by atoms with Gasteiger partial charge in [-0.25, -0.2) is 0 Å². The molecule has 9 aromatic carbocycles. The number of para-hydroxylation sites is 4. The van der Waals surface area contributed by atoms with Crippen LogP contribution in [0.5, 0.6) is 11.5 Å². The summed E-state index contributed by atoms with van der Waals surface area (Å²) in [5, 5.41) is 0. The zero-order chi connectivity index (χ0) is 44.9. The topological polar surface area (TPSA) is 19.0 Å². The van der Waals surface area contributed by atoms with E-state index in [4.69, 9.17) is 4.74 Å². The molecule has 66 heavy (non-hydrogen) atoms. The molecule has 9 aromatic rings. The summed E-state index contributed by atoms with van der Waals surface area (Å²) in [5.74, 6) is 1.73. The number of nitrogens with zero attached hydrogens (tertiary/aromatic N) is 3. The quantitative estimate of drug-likeness (QED) is 0.135. The van der Waals surface area contributed by atoms with Crippen LogP contribution in [-0.4, -0.2) is 14.0 Å². The van der Waals surface area contributed by atoms with Crippen molar-refractivity contribution in [3.05, 3.63) is 223 Å². The highest BCUT2D eigenvalue weighted by molar-refractivity contribution is 6.99. The minimum atomic E-state index is -0.0868. The molecule has 0 saturated heterocycles. The fraction of sp³-hybridized carbons (Fsp3) is 0.100. The van der Waals surface area contributed by atoms with Crippen LogP contribution in [0.2, 0.25) is 6.82 Å². The predicted molar refractivity (Wildman–Crippen MR) is 282 cm³/mol. The van der Waals surface area contributed by atoms with Gasteiger partial charge in [0.05, 0.1) is 5.69 Å². The van der Waals surface area contributed by atoms with Gasteiger partial charge in [0.2, 0.25) is 0 Å². The number of aryl methyl sites for hydroxylation is 1. The smallest absolute Gasteiger partial charge is 0.256 e. The first-order chi connectivity index (χ1) is 32.2. The molecular formula is C60H50B2N3O.